The standard InChI is InChI=1S/C23H39NO3S/c1-4-5-6-7-8-9-10-11-13-22(27-23(25)24-14-12-15-28)20-16-19(2)17-21(18-20)26-3/h16-18,22,28H,4-15H2,1-3H3,(H,24,25). The minimum Gasteiger partial charge on any atom is -0.497 e. The molecule has 1 rings (SSSR count). The molecule has 0 saturated heterocycles. The van der Waals surface area contributed by atoms with E-state index in [4.69, 9.17) is 9.47 Å². The van der Waals surface area contributed by atoms with E-state index in [9.17, 15) is 4.79 Å². The number of hydrogen-bond acceptors (Lipinski definition) is 4. The van der Waals surface area contributed by atoms with Gasteiger partial charge in [0, 0.05) is 6.54 Å². The number of amides is 1. The lowest BCUT2D eigenvalue weighted by atomic mass is 9.99. The van der Waals surface area contributed by atoms with E-state index in [1.165, 1.54) is 44.9 Å². The predicted molar refractivity (Wildman–Crippen MR) is 121 cm³/mol. The van der Waals surface area contributed by atoms with Gasteiger partial charge in [-0.25, -0.2) is 4.79 Å². The Morgan fingerprint density at radius 2 is 1.71 bits per heavy atom. The van der Waals surface area contributed by atoms with Gasteiger partial charge in [-0.1, -0.05) is 57.9 Å². The number of hydrogen-bond donors (Lipinski definition) is 2. The number of aryl methyl sites for hydroxylation is 1. The molecule has 1 N–H and O–H groups in total. The predicted octanol–water partition coefficient (Wildman–Crippen LogP) is 6.62. The van der Waals surface area contributed by atoms with E-state index in [0.29, 0.717) is 6.54 Å². The first kappa shape index (κ1) is 24.7. The molecule has 4 nitrogen and oxygen atoms in total. The van der Waals surface area contributed by atoms with Crippen LogP contribution < -0.4 is 10.1 Å². The second-order valence-electron chi connectivity index (χ2n) is 7.44. The average molecular weight is 410 g/mol. The third-order valence-electron chi connectivity index (χ3n) is 4.85. The summed E-state index contributed by atoms with van der Waals surface area (Å²) in [6.07, 6.45) is 11.2. The first-order chi connectivity index (χ1) is 13.6. The molecule has 1 aromatic rings. The highest BCUT2D eigenvalue weighted by atomic mass is 32.1. The third kappa shape index (κ3) is 10.8. The Hall–Kier alpha value is -1.36. The molecule has 0 radical (unpaired) electrons. The summed E-state index contributed by atoms with van der Waals surface area (Å²) in [5, 5.41) is 2.82. The van der Waals surface area contributed by atoms with Crippen molar-refractivity contribution in [1.82, 2.24) is 5.32 Å². The smallest absolute Gasteiger partial charge is 0.407 e. The molecule has 0 aromatic heterocycles. The van der Waals surface area contributed by atoms with E-state index in [-0.39, 0.29) is 12.2 Å². The number of methoxy groups -OCH3 is 1. The maximum Gasteiger partial charge on any atom is 0.407 e. The lowest BCUT2D eigenvalue weighted by Crippen LogP contribution is -2.27. The number of rotatable bonds is 15. The monoisotopic (exact) mass is 409 g/mol. The van der Waals surface area contributed by atoms with Crippen molar-refractivity contribution in [3.05, 3.63) is 29.3 Å². The van der Waals surface area contributed by atoms with Crippen molar-refractivity contribution in [2.45, 2.75) is 84.2 Å². The van der Waals surface area contributed by atoms with Crippen LogP contribution in [0.15, 0.2) is 18.2 Å². The molecule has 160 valence electrons. The van der Waals surface area contributed by atoms with Gasteiger partial charge in [-0.3, -0.25) is 0 Å². The lowest BCUT2D eigenvalue weighted by molar-refractivity contribution is 0.0906. The molecule has 0 fully saturated rings. The number of benzene rings is 1. The number of unbranched alkanes of at least 4 members (excludes halogenated alkanes) is 7. The van der Waals surface area contributed by atoms with Gasteiger partial charge in [-0.05, 0) is 55.2 Å². The zero-order chi connectivity index (χ0) is 20.6. The van der Waals surface area contributed by atoms with Crippen LogP contribution in [0.4, 0.5) is 4.79 Å². The van der Waals surface area contributed by atoms with Crippen LogP contribution in [-0.2, 0) is 4.74 Å². The van der Waals surface area contributed by atoms with E-state index < -0.39 is 0 Å². The quantitative estimate of drug-likeness (QED) is 0.253. The third-order valence-corrected chi connectivity index (χ3v) is 5.17. The maximum atomic E-state index is 12.2. The average Bonchev–Trinajstić information content (AvgIpc) is 2.68. The molecule has 0 bridgehead atoms. The molecule has 1 unspecified atom stereocenters. The van der Waals surface area contributed by atoms with Crippen molar-refractivity contribution in [3.63, 3.8) is 0 Å². The Morgan fingerprint density at radius 3 is 2.36 bits per heavy atom. The number of nitrogens with one attached hydrogen (secondary N) is 1. The van der Waals surface area contributed by atoms with Crippen molar-refractivity contribution in [2.75, 3.05) is 19.4 Å². The number of alkyl carbamates (subject to hydrolysis) is 1. The molecule has 0 saturated carbocycles. The van der Waals surface area contributed by atoms with Gasteiger partial charge in [0.1, 0.15) is 11.9 Å². The zero-order valence-electron chi connectivity index (χ0n) is 18.0. The van der Waals surface area contributed by atoms with Crippen molar-refractivity contribution in [3.8, 4) is 5.75 Å². The fourth-order valence-corrected chi connectivity index (χ4v) is 3.44. The van der Waals surface area contributed by atoms with Gasteiger partial charge in [-0.15, -0.1) is 0 Å². The summed E-state index contributed by atoms with van der Waals surface area (Å²) in [5.74, 6) is 1.55. The molecule has 0 aliphatic heterocycles. The van der Waals surface area contributed by atoms with Gasteiger partial charge in [0.05, 0.1) is 7.11 Å². The second-order valence-corrected chi connectivity index (χ2v) is 7.89. The highest BCUT2D eigenvalue weighted by Crippen LogP contribution is 2.28. The lowest BCUT2D eigenvalue weighted by Gasteiger charge is -2.20. The summed E-state index contributed by atoms with van der Waals surface area (Å²) in [6, 6.07) is 6.05. The van der Waals surface area contributed by atoms with E-state index >= 15 is 0 Å². The normalized spacial score (nSPS) is 11.9. The topological polar surface area (TPSA) is 47.6 Å². The van der Waals surface area contributed by atoms with E-state index in [0.717, 1.165) is 41.9 Å². The molecular weight excluding hydrogens is 370 g/mol. The molecule has 1 atom stereocenters. The van der Waals surface area contributed by atoms with Crippen LogP contribution >= 0.6 is 12.6 Å². The first-order valence-corrected chi connectivity index (χ1v) is 11.4. The molecule has 1 amide bonds. The van der Waals surface area contributed by atoms with Gasteiger partial charge in [0.25, 0.3) is 0 Å². The van der Waals surface area contributed by atoms with Crippen molar-refractivity contribution < 1.29 is 14.3 Å². The summed E-state index contributed by atoms with van der Waals surface area (Å²) in [5.41, 5.74) is 2.11. The van der Waals surface area contributed by atoms with Crippen LogP contribution in [0.1, 0.15) is 88.4 Å². The maximum absolute atomic E-state index is 12.2. The minimum absolute atomic E-state index is 0.245. The van der Waals surface area contributed by atoms with Crippen LogP contribution in [0, 0.1) is 6.92 Å². The summed E-state index contributed by atoms with van der Waals surface area (Å²) in [7, 11) is 1.66. The molecular formula is C23H39NO3S. The van der Waals surface area contributed by atoms with Gasteiger partial charge < -0.3 is 14.8 Å². The van der Waals surface area contributed by atoms with Crippen LogP contribution in [0.25, 0.3) is 0 Å². The van der Waals surface area contributed by atoms with Crippen LogP contribution in [0.5, 0.6) is 5.75 Å². The minimum atomic E-state index is -0.355. The molecule has 28 heavy (non-hydrogen) atoms. The number of carbonyl (C=O) groups is 1. The fourth-order valence-electron chi connectivity index (χ4n) is 3.28. The van der Waals surface area contributed by atoms with E-state index in [1.807, 2.05) is 19.1 Å². The number of ether oxygens (including phenoxy) is 2. The van der Waals surface area contributed by atoms with Gasteiger partial charge >= 0.3 is 6.09 Å². The Labute approximate surface area is 177 Å². The molecule has 1 aromatic carbocycles. The molecule has 5 heteroatoms. The molecule has 0 heterocycles. The van der Waals surface area contributed by atoms with Crippen molar-refractivity contribution >= 4 is 18.7 Å². The van der Waals surface area contributed by atoms with Gasteiger partial charge in [0.2, 0.25) is 0 Å². The largest absolute Gasteiger partial charge is 0.497 e. The summed E-state index contributed by atoms with van der Waals surface area (Å²) in [4.78, 5) is 12.2. The molecule has 0 aliphatic carbocycles. The van der Waals surface area contributed by atoms with Crippen molar-refractivity contribution in [2.24, 2.45) is 0 Å². The molecule has 0 spiro atoms. The SMILES string of the molecule is CCCCCCCCCCC(OC(=O)NCCCS)c1cc(C)cc(OC)c1. The Kier molecular flexibility index (Phi) is 13.7. The summed E-state index contributed by atoms with van der Waals surface area (Å²) >= 11 is 4.17. The van der Waals surface area contributed by atoms with Crippen LogP contribution in [0.2, 0.25) is 0 Å². The van der Waals surface area contributed by atoms with Crippen LogP contribution in [-0.4, -0.2) is 25.5 Å². The first-order valence-electron chi connectivity index (χ1n) is 10.8. The van der Waals surface area contributed by atoms with Gasteiger partial charge in [-0.2, -0.15) is 12.6 Å². The van der Waals surface area contributed by atoms with E-state index in [1.54, 1.807) is 7.11 Å². The number of thiol groups is 1. The fraction of sp³-hybridized carbons (Fsp3) is 0.696. The summed E-state index contributed by atoms with van der Waals surface area (Å²) < 4.78 is 11.2. The number of carbonyl (C=O) groups excluding carboxylic acids is 1. The van der Waals surface area contributed by atoms with E-state index in [2.05, 4.69) is 30.9 Å². The highest BCUT2D eigenvalue weighted by Gasteiger charge is 2.18. The van der Waals surface area contributed by atoms with Crippen molar-refractivity contribution in [1.29, 1.82) is 0 Å². The Bertz CT molecular complexity index is 551. The zero-order valence-corrected chi connectivity index (χ0v) is 18.9. The molecule has 0 aliphatic rings. The summed E-state index contributed by atoms with van der Waals surface area (Å²) in [6.45, 7) is 4.87. The Balaban J connectivity index is 2.58. The highest BCUT2D eigenvalue weighted by molar-refractivity contribution is 7.80. The van der Waals surface area contributed by atoms with Crippen LogP contribution in [0.3, 0.4) is 0 Å². The Morgan fingerprint density at radius 1 is 1.04 bits per heavy atom. The second kappa shape index (κ2) is 15.5. The van der Waals surface area contributed by atoms with Gasteiger partial charge in [0.15, 0.2) is 0 Å².